The molecule has 1 aromatic rings. The van der Waals surface area contributed by atoms with Crippen LogP contribution >= 0.6 is 0 Å². The van der Waals surface area contributed by atoms with Gasteiger partial charge in [0.1, 0.15) is 6.10 Å². The number of hydrogen-bond acceptors (Lipinski definition) is 3. The molecule has 1 amide bonds. The number of nitrogens with zero attached hydrogens (tertiary/aromatic N) is 1. The van der Waals surface area contributed by atoms with E-state index in [1.54, 1.807) is 0 Å². The minimum Gasteiger partial charge on any atom is -0.368 e. The Balaban J connectivity index is 1.95. The van der Waals surface area contributed by atoms with Gasteiger partial charge in [-0.1, -0.05) is 13.8 Å². The van der Waals surface area contributed by atoms with Crippen molar-refractivity contribution in [3.63, 3.8) is 0 Å². The third-order valence-corrected chi connectivity index (χ3v) is 2.69. The predicted molar refractivity (Wildman–Crippen MR) is 60.3 cm³/mol. The Kier molecular flexibility index (Phi) is 3.24. The second-order valence-electron chi connectivity index (χ2n) is 4.35. The molecule has 1 fully saturated rings. The van der Waals surface area contributed by atoms with Gasteiger partial charge in [-0.15, -0.1) is 0 Å². The number of nitrogens with one attached hydrogen (secondary N) is 2. The molecule has 2 N–H and O–H groups in total. The van der Waals surface area contributed by atoms with Crippen LogP contribution in [0.15, 0.2) is 6.07 Å². The Hall–Kier alpha value is -1.36. The number of aromatic nitrogens is 2. The number of ether oxygens (including phenoxy) is 1. The van der Waals surface area contributed by atoms with Gasteiger partial charge >= 0.3 is 0 Å². The highest BCUT2D eigenvalue weighted by Crippen LogP contribution is 2.17. The first-order chi connectivity index (χ1) is 7.66. The fraction of sp³-hybridized carbons (Fsp3) is 0.636. The SMILES string of the molecule is CC(C)c1cc(NC(=O)[C@H]2CCCO2)n[nH]1. The molecular formula is C11H17N3O2. The zero-order chi connectivity index (χ0) is 11.5. The van der Waals surface area contributed by atoms with Crippen molar-refractivity contribution >= 4 is 11.7 Å². The maximum absolute atomic E-state index is 11.7. The topological polar surface area (TPSA) is 67.0 Å². The van der Waals surface area contributed by atoms with Gasteiger partial charge in [0.15, 0.2) is 5.82 Å². The van der Waals surface area contributed by atoms with E-state index in [9.17, 15) is 4.79 Å². The van der Waals surface area contributed by atoms with Gasteiger partial charge in [-0.25, -0.2) is 0 Å². The van der Waals surface area contributed by atoms with Gasteiger partial charge < -0.3 is 10.1 Å². The molecule has 1 aliphatic heterocycles. The molecule has 5 heteroatoms. The summed E-state index contributed by atoms with van der Waals surface area (Å²) in [5.41, 5.74) is 1.02. The van der Waals surface area contributed by atoms with Crippen molar-refractivity contribution in [2.75, 3.05) is 11.9 Å². The minimum atomic E-state index is -0.306. The lowest BCUT2D eigenvalue weighted by Crippen LogP contribution is -2.26. The molecule has 0 bridgehead atoms. The quantitative estimate of drug-likeness (QED) is 0.818. The molecule has 0 aromatic carbocycles. The summed E-state index contributed by atoms with van der Waals surface area (Å²) >= 11 is 0. The van der Waals surface area contributed by atoms with Crippen LogP contribution in [0.5, 0.6) is 0 Å². The van der Waals surface area contributed by atoms with Crippen molar-refractivity contribution in [3.8, 4) is 0 Å². The molecule has 0 unspecified atom stereocenters. The number of aromatic amines is 1. The number of carbonyl (C=O) groups is 1. The van der Waals surface area contributed by atoms with Crippen LogP contribution in [0.3, 0.4) is 0 Å². The lowest BCUT2D eigenvalue weighted by atomic mass is 10.1. The number of H-pyrrole nitrogens is 1. The van der Waals surface area contributed by atoms with Crippen molar-refractivity contribution in [3.05, 3.63) is 11.8 Å². The highest BCUT2D eigenvalue weighted by Gasteiger charge is 2.24. The molecule has 0 saturated carbocycles. The molecule has 0 radical (unpaired) electrons. The normalized spacial score (nSPS) is 20.3. The summed E-state index contributed by atoms with van der Waals surface area (Å²) in [7, 11) is 0. The molecule has 0 spiro atoms. The first-order valence-corrected chi connectivity index (χ1v) is 5.64. The first kappa shape index (κ1) is 11.1. The van der Waals surface area contributed by atoms with Gasteiger partial charge in [-0.2, -0.15) is 5.10 Å². The Morgan fingerprint density at radius 1 is 1.69 bits per heavy atom. The number of amides is 1. The maximum Gasteiger partial charge on any atom is 0.254 e. The molecule has 1 saturated heterocycles. The summed E-state index contributed by atoms with van der Waals surface area (Å²) in [6, 6.07) is 1.86. The average molecular weight is 223 g/mol. The molecule has 1 aliphatic rings. The fourth-order valence-corrected chi connectivity index (χ4v) is 1.69. The highest BCUT2D eigenvalue weighted by molar-refractivity contribution is 5.93. The number of carbonyl (C=O) groups excluding carboxylic acids is 1. The van der Waals surface area contributed by atoms with Gasteiger partial charge in [-0.05, 0) is 18.8 Å². The first-order valence-electron chi connectivity index (χ1n) is 5.64. The van der Waals surface area contributed by atoms with Crippen LogP contribution in [0.4, 0.5) is 5.82 Å². The van der Waals surface area contributed by atoms with Gasteiger partial charge in [0.2, 0.25) is 0 Å². The third-order valence-electron chi connectivity index (χ3n) is 2.69. The minimum absolute atomic E-state index is 0.0979. The summed E-state index contributed by atoms with van der Waals surface area (Å²) in [4.78, 5) is 11.7. The van der Waals surface area contributed by atoms with Gasteiger partial charge in [-0.3, -0.25) is 9.89 Å². The number of anilines is 1. The molecule has 88 valence electrons. The van der Waals surface area contributed by atoms with E-state index >= 15 is 0 Å². The van der Waals surface area contributed by atoms with Gasteiger partial charge in [0, 0.05) is 18.4 Å². The van der Waals surface area contributed by atoms with Crippen LogP contribution in [-0.2, 0) is 9.53 Å². The van der Waals surface area contributed by atoms with Crippen LogP contribution < -0.4 is 5.32 Å². The largest absolute Gasteiger partial charge is 0.368 e. The number of hydrogen-bond donors (Lipinski definition) is 2. The molecule has 0 aliphatic carbocycles. The standard InChI is InChI=1S/C11H17N3O2/c1-7(2)8-6-10(14-13-8)12-11(15)9-4-3-5-16-9/h6-7,9H,3-5H2,1-2H3,(H2,12,13,14,15)/t9-/m1/s1. The van der Waals surface area contributed by atoms with E-state index in [0.717, 1.165) is 18.5 Å². The number of rotatable bonds is 3. The molecule has 1 atom stereocenters. The van der Waals surface area contributed by atoms with Gasteiger partial charge in [0.05, 0.1) is 0 Å². The fourth-order valence-electron chi connectivity index (χ4n) is 1.69. The maximum atomic E-state index is 11.7. The van der Waals surface area contributed by atoms with E-state index in [4.69, 9.17) is 4.74 Å². The molecule has 2 rings (SSSR count). The summed E-state index contributed by atoms with van der Waals surface area (Å²) in [5.74, 6) is 0.851. The van der Waals surface area contributed by atoms with Crippen molar-refractivity contribution in [1.29, 1.82) is 0 Å². The van der Waals surface area contributed by atoms with E-state index in [1.165, 1.54) is 0 Å². The summed E-state index contributed by atoms with van der Waals surface area (Å²) in [6.45, 7) is 4.81. The third kappa shape index (κ3) is 2.41. The Morgan fingerprint density at radius 3 is 3.06 bits per heavy atom. The highest BCUT2D eigenvalue weighted by atomic mass is 16.5. The van der Waals surface area contributed by atoms with Gasteiger partial charge in [0.25, 0.3) is 5.91 Å². The Bertz CT molecular complexity index is 367. The summed E-state index contributed by atoms with van der Waals surface area (Å²) in [5, 5.41) is 9.68. The van der Waals surface area contributed by atoms with E-state index in [2.05, 4.69) is 29.4 Å². The zero-order valence-corrected chi connectivity index (χ0v) is 9.62. The summed E-state index contributed by atoms with van der Waals surface area (Å²) in [6.07, 6.45) is 1.45. The van der Waals surface area contributed by atoms with Crippen LogP contribution in [-0.4, -0.2) is 28.8 Å². The Labute approximate surface area is 94.6 Å². The van der Waals surface area contributed by atoms with E-state index < -0.39 is 0 Å². The van der Waals surface area contributed by atoms with Crippen molar-refractivity contribution < 1.29 is 9.53 Å². The molecule has 5 nitrogen and oxygen atoms in total. The van der Waals surface area contributed by atoms with Crippen molar-refractivity contribution in [2.45, 2.75) is 38.7 Å². The molecule has 1 aromatic heterocycles. The lowest BCUT2D eigenvalue weighted by Gasteiger charge is -2.07. The Morgan fingerprint density at radius 2 is 2.50 bits per heavy atom. The molecular weight excluding hydrogens is 206 g/mol. The second-order valence-corrected chi connectivity index (χ2v) is 4.35. The van der Waals surface area contributed by atoms with E-state index in [-0.39, 0.29) is 12.0 Å². The van der Waals surface area contributed by atoms with Crippen LogP contribution in [0, 0.1) is 0 Å². The van der Waals surface area contributed by atoms with Crippen molar-refractivity contribution in [1.82, 2.24) is 10.2 Å². The van der Waals surface area contributed by atoms with Crippen LogP contribution in [0.1, 0.15) is 38.3 Å². The molecule has 2 heterocycles. The zero-order valence-electron chi connectivity index (χ0n) is 9.62. The predicted octanol–water partition coefficient (Wildman–Crippen LogP) is 1.65. The summed E-state index contributed by atoms with van der Waals surface area (Å²) < 4.78 is 5.29. The smallest absolute Gasteiger partial charge is 0.254 e. The average Bonchev–Trinajstić information content (AvgIpc) is 2.87. The van der Waals surface area contributed by atoms with E-state index in [0.29, 0.717) is 18.3 Å². The second kappa shape index (κ2) is 4.65. The van der Waals surface area contributed by atoms with E-state index in [1.807, 2.05) is 6.07 Å². The molecule has 16 heavy (non-hydrogen) atoms. The van der Waals surface area contributed by atoms with Crippen LogP contribution in [0.25, 0.3) is 0 Å². The van der Waals surface area contributed by atoms with Crippen LogP contribution in [0.2, 0.25) is 0 Å². The monoisotopic (exact) mass is 223 g/mol. The lowest BCUT2D eigenvalue weighted by molar-refractivity contribution is -0.124. The van der Waals surface area contributed by atoms with Crippen molar-refractivity contribution in [2.24, 2.45) is 0 Å².